The Labute approximate surface area is 171 Å². The van der Waals surface area contributed by atoms with Crippen LogP contribution in [0, 0.1) is 6.92 Å². The van der Waals surface area contributed by atoms with Crippen LogP contribution in [0.3, 0.4) is 0 Å². The molecular formula is C21H19N3O2S2. The molecule has 0 unspecified atom stereocenters. The van der Waals surface area contributed by atoms with Crippen molar-refractivity contribution in [1.29, 1.82) is 0 Å². The molecule has 7 heteroatoms. The van der Waals surface area contributed by atoms with Crippen molar-refractivity contribution >= 4 is 23.1 Å². The number of hydrogen-bond donors (Lipinski definition) is 0. The minimum Gasteiger partial charge on any atom is -0.494 e. The van der Waals surface area contributed by atoms with Gasteiger partial charge in [0.2, 0.25) is 5.89 Å². The largest absolute Gasteiger partial charge is 0.494 e. The van der Waals surface area contributed by atoms with Gasteiger partial charge >= 0.3 is 0 Å². The molecule has 0 bridgehead atoms. The van der Waals surface area contributed by atoms with Gasteiger partial charge in [-0.3, -0.25) is 0 Å². The van der Waals surface area contributed by atoms with Gasteiger partial charge < -0.3 is 9.15 Å². The molecule has 0 fully saturated rings. The molecule has 0 spiro atoms. The van der Waals surface area contributed by atoms with Crippen molar-refractivity contribution in [3.8, 4) is 27.8 Å². The van der Waals surface area contributed by atoms with Crippen LogP contribution in [0.2, 0.25) is 0 Å². The second-order valence-electron chi connectivity index (χ2n) is 6.13. The van der Waals surface area contributed by atoms with Crippen molar-refractivity contribution in [2.24, 2.45) is 0 Å². The van der Waals surface area contributed by atoms with Gasteiger partial charge in [-0.1, -0.05) is 41.6 Å². The van der Waals surface area contributed by atoms with E-state index in [1.54, 1.807) is 11.3 Å². The van der Waals surface area contributed by atoms with Gasteiger partial charge in [0, 0.05) is 22.3 Å². The summed E-state index contributed by atoms with van der Waals surface area (Å²) in [5.41, 5.74) is 4.27. The van der Waals surface area contributed by atoms with E-state index in [0.29, 0.717) is 23.5 Å². The minimum atomic E-state index is 0.504. The average Bonchev–Trinajstić information content (AvgIpc) is 3.38. The lowest BCUT2D eigenvalue weighted by molar-refractivity contribution is 0.340. The first-order valence-electron chi connectivity index (χ1n) is 8.92. The fourth-order valence-electron chi connectivity index (χ4n) is 2.58. The van der Waals surface area contributed by atoms with E-state index in [9.17, 15) is 0 Å². The topological polar surface area (TPSA) is 61.0 Å². The minimum absolute atomic E-state index is 0.504. The number of rotatable bonds is 7. The summed E-state index contributed by atoms with van der Waals surface area (Å²) in [6.45, 7) is 4.68. The molecule has 2 heterocycles. The van der Waals surface area contributed by atoms with Crippen LogP contribution in [0.15, 0.2) is 63.6 Å². The van der Waals surface area contributed by atoms with Gasteiger partial charge in [-0.2, -0.15) is 0 Å². The number of hydrogen-bond acceptors (Lipinski definition) is 7. The third-order valence-electron chi connectivity index (χ3n) is 4.01. The Kier molecular flexibility index (Phi) is 5.73. The van der Waals surface area contributed by atoms with Gasteiger partial charge in [0.05, 0.1) is 12.3 Å². The highest BCUT2D eigenvalue weighted by atomic mass is 32.2. The zero-order chi connectivity index (χ0) is 19.3. The molecule has 0 atom stereocenters. The quantitative estimate of drug-likeness (QED) is 0.356. The Morgan fingerprint density at radius 3 is 2.50 bits per heavy atom. The molecule has 5 nitrogen and oxygen atoms in total. The fraction of sp³-hybridized carbons (Fsp3) is 0.190. The SMILES string of the molecule is CCOc1ccc(-c2nnc(SCc3csc(-c4ccc(C)cc4)n3)o2)cc1. The van der Waals surface area contributed by atoms with Gasteiger partial charge in [-0.25, -0.2) is 4.98 Å². The van der Waals surface area contributed by atoms with Gasteiger partial charge in [-0.15, -0.1) is 21.5 Å². The summed E-state index contributed by atoms with van der Waals surface area (Å²) in [5, 5.41) is 11.9. The van der Waals surface area contributed by atoms with E-state index >= 15 is 0 Å². The second-order valence-corrected chi connectivity index (χ2v) is 7.91. The lowest BCUT2D eigenvalue weighted by atomic mass is 10.2. The van der Waals surface area contributed by atoms with Crippen molar-refractivity contribution in [2.45, 2.75) is 24.8 Å². The zero-order valence-electron chi connectivity index (χ0n) is 15.6. The molecule has 0 aliphatic heterocycles. The highest BCUT2D eigenvalue weighted by Gasteiger charge is 2.11. The Bertz CT molecular complexity index is 1040. The van der Waals surface area contributed by atoms with Crippen molar-refractivity contribution in [2.75, 3.05) is 6.61 Å². The summed E-state index contributed by atoms with van der Waals surface area (Å²) in [4.78, 5) is 4.71. The summed E-state index contributed by atoms with van der Waals surface area (Å²) in [7, 11) is 0. The Hall–Kier alpha value is -2.64. The van der Waals surface area contributed by atoms with Crippen LogP contribution in [0.4, 0.5) is 0 Å². The molecule has 142 valence electrons. The van der Waals surface area contributed by atoms with Crippen molar-refractivity contribution in [3.63, 3.8) is 0 Å². The molecule has 0 saturated heterocycles. The van der Waals surface area contributed by atoms with Crippen LogP contribution in [0.1, 0.15) is 18.2 Å². The monoisotopic (exact) mass is 409 g/mol. The average molecular weight is 410 g/mol. The van der Waals surface area contributed by atoms with Crippen molar-refractivity contribution < 1.29 is 9.15 Å². The molecule has 2 aromatic carbocycles. The predicted molar refractivity (Wildman–Crippen MR) is 113 cm³/mol. The van der Waals surface area contributed by atoms with Gasteiger partial charge in [0.1, 0.15) is 10.8 Å². The van der Waals surface area contributed by atoms with E-state index in [-0.39, 0.29) is 0 Å². The van der Waals surface area contributed by atoms with E-state index in [4.69, 9.17) is 14.1 Å². The van der Waals surface area contributed by atoms with Crippen LogP contribution >= 0.6 is 23.1 Å². The third kappa shape index (κ3) is 4.43. The Morgan fingerprint density at radius 2 is 1.75 bits per heavy atom. The smallest absolute Gasteiger partial charge is 0.277 e. The van der Waals surface area contributed by atoms with Crippen LogP contribution < -0.4 is 4.74 Å². The summed E-state index contributed by atoms with van der Waals surface area (Å²) in [5.74, 6) is 2.02. The molecule has 0 aliphatic rings. The number of ether oxygens (including phenoxy) is 1. The summed E-state index contributed by atoms with van der Waals surface area (Å²) >= 11 is 3.14. The molecule has 0 amide bonds. The number of aromatic nitrogens is 3. The van der Waals surface area contributed by atoms with Crippen LogP contribution in [-0.4, -0.2) is 21.8 Å². The van der Waals surface area contributed by atoms with E-state index < -0.39 is 0 Å². The van der Waals surface area contributed by atoms with Crippen molar-refractivity contribution in [3.05, 3.63) is 65.2 Å². The number of benzene rings is 2. The molecule has 4 rings (SSSR count). The molecule has 0 N–H and O–H groups in total. The summed E-state index contributed by atoms with van der Waals surface area (Å²) < 4.78 is 11.2. The Balaban J connectivity index is 1.39. The maximum absolute atomic E-state index is 5.77. The lowest BCUT2D eigenvalue weighted by Crippen LogP contribution is -1.90. The third-order valence-corrected chi connectivity index (χ3v) is 5.80. The molecule has 0 aliphatic carbocycles. The van der Waals surface area contributed by atoms with E-state index in [2.05, 4.69) is 46.8 Å². The van der Waals surface area contributed by atoms with E-state index in [1.165, 1.54) is 17.3 Å². The molecule has 0 radical (unpaired) electrons. The maximum atomic E-state index is 5.77. The maximum Gasteiger partial charge on any atom is 0.277 e. The molecule has 2 aromatic heterocycles. The molecule has 28 heavy (non-hydrogen) atoms. The van der Waals surface area contributed by atoms with E-state index in [0.717, 1.165) is 27.6 Å². The number of thioether (sulfide) groups is 1. The number of aryl methyl sites for hydroxylation is 1. The highest BCUT2D eigenvalue weighted by Crippen LogP contribution is 2.29. The molecule has 4 aromatic rings. The van der Waals surface area contributed by atoms with Crippen molar-refractivity contribution in [1.82, 2.24) is 15.2 Å². The van der Waals surface area contributed by atoms with Crippen LogP contribution in [0.25, 0.3) is 22.0 Å². The number of thiazole rings is 1. The van der Waals surface area contributed by atoms with Gasteiger partial charge in [0.25, 0.3) is 5.22 Å². The van der Waals surface area contributed by atoms with Gasteiger partial charge in [0.15, 0.2) is 0 Å². The normalized spacial score (nSPS) is 10.9. The molecular weight excluding hydrogens is 390 g/mol. The Morgan fingerprint density at radius 1 is 1.00 bits per heavy atom. The zero-order valence-corrected chi connectivity index (χ0v) is 17.2. The first-order valence-corrected chi connectivity index (χ1v) is 10.8. The second kappa shape index (κ2) is 8.58. The molecule has 0 saturated carbocycles. The first kappa shape index (κ1) is 18.7. The van der Waals surface area contributed by atoms with Crippen LogP contribution in [0.5, 0.6) is 5.75 Å². The highest BCUT2D eigenvalue weighted by molar-refractivity contribution is 7.98. The summed E-state index contributed by atoms with van der Waals surface area (Å²) in [6, 6.07) is 16.0. The fourth-order valence-corrected chi connectivity index (χ4v) is 4.17. The first-order chi connectivity index (χ1) is 13.7. The van der Waals surface area contributed by atoms with E-state index in [1.807, 2.05) is 31.2 Å². The predicted octanol–water partition coefficient (Wildman–Crippen LogP) is 5.86. The standard InChI is InChI=1S/C21H19N3O2S2/c1-3-25-18-10-8-15(9-11-18)19-23-24-21(26-19)28-13-17-12-27-20(22-17)16-6-4-14(2)5-7-16/h4-12H,3,13H2,1-2H3. The van der Waals surface area contributed by atoms with Gasteiger partial charge in [-0.05, 0) is 38.1 Å². The number of nitrogens with zero attached hydrogens (tertiary/aromatic N) is 3. The van der Waals surface area contributed by atoms with Crippen LogP contribution in [-0.2, 0) is 5.75 Å². The summed E-state index contributed by atoms with van der Waals surface area (Å²) in [6.07, 6.45) is 0. The lowest BCUT2D eigenvalue weighted by Gasteiger charge is -2.02.